The Morgan fingerprint density at radius 2 is 1.47 bits per heavy atom. The van der Waals surface area contributed by atoms with Crippen molar-refractivity contribution < 1.29 is 31.8 Å². The molecule has 0 saturated heterocycles. The molecule has 2 fully saturated rings. The maximum absolute atomic E-state index is 13.7. The summed E-state index contributed by atoms with van der Waals surface area (Å²) in [4.78, 5) is 12.4. The molecule has 0 aliphatic heterocycles. The number of hydrogen-bond acceptors (Lipinski definition) is 3. The topological polar surface area (TPSA) is 35.5 Å². The van der Waals surface area contributed by atoms with Gasteiger partial charge in [-0.15, -0.1) is 13.2 Å². The smallest absolute Gasteiger partial charge is 0.426 e. The third-order valence-corrected chi connectivity index (χ3v) is 6.18. The van der Waals surface area contributed by atoms with Crippen LogP contribution in [0.1, 0.15) is 72.1 Å². The van der Waals surface area contributed by atoms with Crippen molar-refractivity contribution in [1.82, 2.24) is 0 Å². The van der Waals surface area contributed by atoms with E-state index in [0.717, 1.165) is 55.7 Å². The van der Waals surface area contributed by atoms with E-state index in [1.54, 1.807) is 0 Å². The zero-order valence-corrected chi connectivity index (χ0v) is 17.9. The number of carbonyl (C=O) groups excluding carboxylic acids is 1. The molecule has 7 heteroatoms. The van der Waals surface area contributed by atoms with Gasteiger partial charge in [-0.3, -0.25) is 4.79 Å². The minimum atomic E-state index is -4.98. The van der Waals surface area contributed by atoms with Gasteiger partial charge in [0.2, 0.25) is 0 Å². The number of hydrogen-bond donors (Lipinski definition) is 0. The number of esters is 1. The van der Waals surface area contributed by atoms with Crippen LogP contribution in [-0.2, 0) is 4.79 Å². The van der Waals surface area contributed by atoms with Crippen LogP contribution >= 0.6 is 0 Å². The van der Waals surface area contributed by atoms with Crippen LogP contribution < -0.4 is 9.47 Å². The van der Waals surface area contributed by atoms with Gasteiger partial charge < -0.3 is 9.47 Å². The minimum absolute atomic E-state index is 0.111. The SMILES string of the molecule is CC.CC1CCC(C2CCC(C(=O)Oc3ccc(OC(F)(F)F)c(F)c3)CC2)CC1. The van der Waals surface area contributed by atoms with E-state index in [2.05, 4.69) is 11.7 Å². The third-order valence-electron chi connectivity index (χ3n) is 6.18. The van der Waals surface area contributed by atoms with Gasteiger partial charge in [0.15, 0.2) is 11.6 Å². The Morgan fingerprint density at radius 3 is 1.97 bits per heavy atom. The first-order chi connectivity index (χ1) is 14.2. The monoisotopic (exact) mass is 432 g/mol. The number of carbonyl (C=O) groups is 1. The lowest BCUT2D eigenvalue weighted by molar-refractivity contribution is -0.275. The summed E-state index contributed by atoms with van der Waals surface area (Å²) in [7, 11) is 0. The summed E-state index contributed by atoms with van der Waals surface area (Å²) >= 11 is 0. The highest BCUT2D eigenvalue weighted by Gasteiger charge is 2.34. The van der Waals surface area contributed by atoms with Crippen LogP contribution in [0, 0.1) is 29.5 Å². The lowest BCUT2D eigenvalue weighted by Crippen LogP contribution is -2.29. The first-order valence-corrected chi connectivity index (χ1v) is 11.0. The third kappa shape index (κ3) is 7.17. The molecular formula is C23H32F4O3. The standard InChI is InChI=1S/C21H26F4O3.C2H6/c1-13-2-4-14(5-3-13)15-6-8-16(9-7-15)20(26)27-17-10-11-19(18(22)12-17)28-21(23,24)25;1-2/h10-16H,2-9H2,1H3;1-2H3. The van der Waals surface area contributed by atoms with Gasteiger partial charge in [-0.2, -0.15) is 0 Å². The second kappa shape index (κ2) is 11.0. The molecule has 1 aromatic carbocycles. The van der Waals surface area contributed by atoms with Gasteiger partial charge in [-0.1, -0.05) is 33.6 Å². The highest BCUT2D eigenvalue weighted by Crippen LogP contribution is 2.41. The van der Waals surface area contributed by atoms with Crippen molar-refractivity contribution in [1.29, 1.82) is 0 Å². The number of alkyl halides is 3. The second-order valence-electron chi connectivity index (χ2n) is 8.19. The molecular weight excluding hydrogens is 400 g/mol. The van der Waals surface area contributed by atoms with Crippen molar-refractivity contribution in [2.45, 2.75) is 78.5 Å². The molecule has 30 heavy (non-hydrogen) atoms. The van der Waals surface area contributed by atoms with Crippen LogP contribution in [-0.4, -0.2) is 12.3 Å². The van der Waals surface area contributed by atoms with Crippen LogP contribution in [0.3, 0.4) is 0 Å². The molecule has 2 aliphatic rings. The van der Waals surface area contributed by atoms with Crippen molar-refractivity contribution in [3.8, 4) is 11.5 Å². The fourth-order valence-electron chi connectivity index (χ4n) is 4.54. The summed E-state index contributed by atoms with van der Waals surface area (Å²) in [6, 6.07) is 2.66. The summed E-state index contributed by atoms with van der Waals surface area (Å²) in [5, 5.41) is 0. The molecule has 0 N–H and O–H groups in total. The van der Waals surface area contributed by atoms with Gasteiger partial charge in [-0.05, 0) is 68.4 Å². The average molecular weight is 432 g/mol. The summed E-state index contributed by atoms with van der Waals surface area (Å²) in [6.45, 7) is 6.30. The van der Waals surface area contributed by atoms with Gasteiger partial charge in [0.05, 0.1) is 5.92 Å². The van der Waals surface area contributed by atoms with E-state index >= 15 is 0 Å². The molecule has 2 aliphatic carbocycles. The van der Waals surface area contributed by atoms with Crippen LogP contribution in [0.5, 0.6) is 11.5 Å². The van der Waals surface area contributed by atoms with Crippen LogP contribution in [0.25, 0.3) is 0 Å². The Bertz CT molecular complexity index is 674. The lowest BCUT2D eigenvalue weighted by atomic mass is 9.69. The first kappa shape index (κ1) is 24.5. The predicted octanol–water partition coefficient (Wildman–Crippen LogP) is 7.29. The molecule has 0 amide bonds. The molecule has 0 bridgehead atoms. The fourth-order valence-corrected chi connectivity index (χ4v) is 4.54. The summed E-state index contributed by atoms with van der Waals surface area (Å²) in [5.74, 6) is -0.743. The predicted molar refractivity (Wildman–Crippen MR) is 107 cm³/mol. The summed E-state index contributed by atoms with van der Waals surface area (Å²) in [5.41, 5.74) is 0. The molecule has 1 aromatic rings. The quantitative estimate of drug-likeness (QED) is 0.285. The number of benzene rings is 1. The molecule has 2 saturated carbocycles. The fraction of sp³-hybridized carbons (Fsp3) is 0.696. The highest BCUT2D eigenvalue weighted by atomic mass is 19.4. The molecule has 0 aromatic heterocycles. The van der Waals surface area contributed by atoms with Crippen molar-refractivity contribution >= 4 is 5.97 Å². The van der Waals surface area contributed by atoms with E-state index in [9.17, 15) is 22.4 Å². The van der Waals surface area contributed by atoms with Gasteiger partial charge >= 0.3 is 12.3 Å². The minimum Gasteiger partial charge on any atom is -0.426 e. The van der Waals surface area contributed by atoms with E-state index in [4.69, 9.17) is 4.74 Å². The molecule has 0 atom stereocenters. The zero-order chi connectivity index (χ0) is 22.3. The van der Waals surface area contributed by atoms with Crippen molar-refractivity contribution in [2.75, 3.05) is 0 Å². The van der Waals surface area contributed by atoms with Crippen molar-refractivity contribution in [3.05, 3.63) is 24.0 Å². The molecule has 0 heterocycles. The number of halogens is 4. The molecule has 0 radical (unpaired) electrons. The van der Waals surface area contributed by atoms with Gasteiger partial charge in [-0.25, -0.2) is 4.39 Å². The largest absolute Gasteiger partial charge is 0.573 e. The van der Waals surface area contributed by atoms with E-state index in [1.165, 1.54) is 25.7 Å². The van der Waals surface area contributed by atoms with Crippen molar-refractivity contribution in [3.63, 3.8) is 0 Å². The lowest BCUT2D eigenvalue weighted by Gasteiger charge is -2.36. The average Bonchev–Trinajstić information content (AvgIpc) is 2.71. The number of ether oxygens (including phenoxy) is 2. The Kier molecular flexibility index (Phi) is 8.98. The Morgan fingerprint density at radius 1 is 0.933 bits per heavy atom. The normalized spacial score (nSPS) is 26.9. The summed E-state index contributed by atoms with van der Waals surface area (Å²) < 4.78 is 59.1. The van der Waals surface area contributed by atoms with Crippen molar-refractivity contribution in [2.24, 2.45) is 23.7 Å². The number of rotatable bonds is 4. The zero-order valence-electron chi connectivity index (χ0n) is 17.9. The van der Waals surface area contributed by atoms with E-state index in [1.807, 2.05) is 13.8 Å². The molecule has 170 valence electrons. The van der Waals surface area contributed by atoms with Crippen LogP contribution in [0.2, 0.25) is 0 Å². The Hall–Kier alpha value is -1.79. The maximum atomic E-state index is 13.7. The molecule has 3 nitrogen and oxygen atoms in total. The van der Waals surface area contributed by atoms with Crippen LogP contribution in [0.4, 0.5) is 17.6 Å². The Balaban J connectivity index is 0.00000155. The van der Waals surface area contributed by atoms with Gasteiger partial charge in [0.25, 0.3) is 0 Å². The molecule has 0 spiro atoms. The van der Waals surface area contributed by atoms with E-state index in [-0.39, 0.29) is 11.7 Å². The molecule has 3 rings (SSSR count). The van der Waals surface area contributed by atoms with E-state index < -0.39 is 23.9 Å². The highest BCUT2D eigenvalue weighted by molar-refractivity contribution is 5.75. The molecule has 0 unspecified atom stereocenters. The second-order valence-corrected chi connectivity index (χ2v) is 8.19. The first-order valence-electron chi connectivity index (χ1n) is 11.0. The van der Waals surface area contributed by atoms with E-state index in [0.29, 0.717) is 5.92 Å². The summed E-state index contributed by atoms with van der Waals surface area (Å²) in [6.07, 6.45) is 3.60. The van der Waals surface area contributed by atoms with Crippen LogP contribution in [0.15, 0.2) is 18.2 Å². The van der Waals surface area contributed by atoms with Gasteiger partial charge in [0.1, 0.15) is 5.75 Å². The maximum Gasteiger partial charge on any atom is 0.573 e. The van der Waals surface area contributed by atoms with Gasteiger partial charge in [0, 0.05) is 6.07 Å². The Labute approximate surface area is 176 Å².